The molecule has 1 N–H and O–H groups in total. The molecule has 1 atom stereocenters. The lowest BCUT2D eigenvalue weighted by atomic mass is 10.1. The van der Waals surface area contributed by atoms with Crippen LogP contribution in [0.4, 0.5) is 0 Å². The zero-order valence-corrected chi connectivity index (χ0v) is 16.1. The molecule has 1 amide bonds. The van der Waals surface area contributed by atoms with Crippen molar-refractivity contribution in [2.24, 2.45) is 0 Å². The Balaban J connectivity index is 1.27. The Morgan fingerprint density at radius 1 is 1.21 bits per heavy atom. The number of benzene rings is 2. The van der Waals surface area contributed by atoms with Gasteiger partial charge in [-0.15, -0.1) is 11.3 Å². The Hall–Kier alpha value is -3.10. The molecular formula is C20H19N5O2S. The van der Waals surface area contributed by atoms with Crippen LogP contribution in [0, 0.1) is 0 Å². The number of carbonyl (C=O) groups excluding carboxylic acids is 1. The van der Waals surface area contributed by atoms with Crippen molar-refractivity contribution in [2.45, 2.75) is 19.6 Å². The van der Waals surface area contributed by atoms with Crippen LogP contribution < -0.4 is 5.32 Å². The third-order valence-corrected chi connectivity index (χ3v) is 5.26. The highest BCUT2D eigenvalue weighted by molar-refractivity contribution is 7.18. The molecule has 0 saturated heterocycles. The summed E-state index contributed by atoms with van der Waals surface area (Å²) in [5.41, 5.74) is 2.88. The molecule has 4 aromatic rings. The van der Waals surface area contributed by atoms with Gasteiger partial charge < -0.3 is 10.1 Å². The molecule has 2 aromatic heterocycles. The summed E-state index contributed by atoms with van der Waals surface area (Å²) >= 11 is 1.58. The van der Waals surface area contributed by atoms with E-state index in [2.05, 4.69) is 20.4 Å². The van der Waals surface area contributed by atoms with Gasteiger partial charge in [0.25, 0.3) is 0 Å². The van der Waals surface area contributed by atoms with Gasteiger partial charge in [-0.2, -0.15) is 5.10 Å². The Kier molecular flexibility index (Phi) is 5.41. The zero-order chi connectivity index (χ0) is 19.3. The number of amides is 1. The SMILES string of the molecule is C[C@@H](NC(=O)COCc1nc2ccccc2s1)c1ccc(-n2cncn2)cc1. The van der Waals surface area contributed by atoms with Gasteiger partial charge in [0, 0.05) is 0 Å². The van der Waals surface area contributed by atoms with Gasteiger partial charge in [0.05, 0.1) is 28.6 Å². The second-order valence-corrected chi connectivity index (χ2v) is 7.40. The molecule has 0 unspecified atom stereocenters. The number of hydrogen-bond donors (Lipinski definition) is 1. The van der Waals surface area contributed by atoms with E-state index in [1.165, 1.54) is 6.33 Å². The van der Waals surface area contributed by atoms with Crippen LogP contribution in [0.1, 0.15) is 23.5 Å². The van der Waals surface area contributed by atoms with Gasteiger partial charge in [0.1, 0.15) is 24.3 Å². The van der Waals surface area contributed by atoms with E-state index in [0.29, 0.717) is 6.61 Å². The maximum atomic E-state index is 12.2. The van der Waals surface area contributed by atoms with E-state index in [4.69, 9.17) is 4.74 Å². The fourth-order valence-electron chi connectivity index (χ4n) is 2.84. The molecule has 0 spiro atoms. The van der Waals surface area contributed by atoms with Crippen LogP contribution >= 0.6 is 11.3 Å². The lowest BCUT2D eigenvalue weighted by Crippen LogP contribution is -2.30. The van der Waals surface area contributed by atoms with E-state index in [9.17, 15) is 4.79 Å². The number of ether oxygens (including phenoxy) is 1. The number of carbonyl (C=O) groups is 1. The summed E-state index contributed by atoms with van der Waals surface area (Å²) in [6, 6.07) is 15.6. The average molecular weight is 393 g/mol. The Morgan fingerprint density at radius 3 is 2.79 bits per heavy atom. The van der Waals surface area contributed by atoms with Crippen LogP contribution in [0.5, 0.6) is 0 Å². The van der Waals surface area contributed by atoms with E-state index < -0.39 is 0 Å². The number of aromatic nitrogens is 4. The van der Waals surface area contributed by atoms with Crippen LogP contribution in [0.3, 0.4) is 0 Å². The van der Waals surface area contributed by atoms with Gasteiger partial charge in [-0.3, -0.25) is 4.79 Å². The standard InChI is InChI=1S/C20H19N5O2S/c1-14(15-6-8-16(9-7-15)25-13-21-12-22-25)23-19(26)10-27-11-20-24-17-4-2-3-5-18(17)28-20/h2-9,12-14H,10-11H2,1H3,(H,23,26)/t14-/m1/s1. The largest absolute Gasteiger partial charge is 0.364 e. The minimum atomic E-state index is -0.158. The highest BCUT2D eigenvalue weighted by Gasteiger charge is 2.11. The normalized spacial score (nSPS) is 12.2. The van der Waals surface area contributed by atoms with Crippen LogP contribution in [-0.4, -0.2) is 32.3 Å². The first-order valence-corrected chi connectivity index (χ1v) is 9.67. The molecule has 0 aliphatic rings. The molecule has 0 aliphatic carbocycles. The van der Waals surface area contributed by atoms with Gasteiger partial charge >= 0.3 is 0 Å². The molecular weight excluding hydrogens is 374 g/mol. The predicted molar refractivity (Wildman–Crippen MR) is 107 cm³/mol. The van der Waals surface area contributed by atoms with Crippen molar-refractivity contribution in [3.8, 4) is 5.69 Å². The molecule has 0 bridgehead atoms. The van der Waals surface area contributed by atoms with E-state index in [1.54, 1.807) is 22.3 Å². The number of nitrogens with zero attached hydrogens (tertiary/aromatic N) is 4. The molecule has 0 saturated carbocycles. The summed E-state index contributed by atoms with van der Waals surface area (Å²) in [6.07, 6.45) is 3.13. The first-order chi connectivity index (χ1) is 13.7. The third kappa shape index (κ3) is 4.24. The van der Waals surface area contributed by atoms with Crippen molar-refractivity contribution in [1.82, 2.24) is 25.1 Å². The Bertz CT molecular complexity index is 1030. The maximum Gasteiger partial charge on any atom is 0.246 e. The lowest BCUT2D eigenvalue weighted by molar-refractivity contribution is -0.126. The summed E-state index contributed by atoms with van der Waals surface area (Å²) in [5.74, 6) is -0.158. The number of rotatable bonds is 7. The molecule has 0 fully saturated rings. The molecule has 2 heterocycles. The fraction of sp³-hybridized carbons (Fsp3) is 0.200. The highest BCUT2D eigenvalue weighted by atomic mass is 32.1. The monoisotopic (exact) mass is 393 g/mol. The summed E-state index contributed by atoms with van der Waals surface area (Å²) in [4.78, 5) is 20.6. The number of thiazole rings is 1. The Morgan fingerprint density at radius 2 is 2.04 bits per heavy atom. The number of hydrogen-bond acceptors (Lipinski definition) is 6. The van der Waals surface area contributed by atoms with E-state index in [0.717, 1.165) is 26.5 Å². The summed E-state index contributed by atoms with van der Waals surface area (Å²) < 4.78 is 8.34. The molecule has 142 valence electrons. The van der Waals surface area contributed by atoms with Gasteiger partial charge in [-0.25, -0.2) is 14.6 Å². The molecule has 0 aliphatic heterocycles. The van der Waals surface area contributed by atoms with E-state index in [1.807, 2.05) is 55.5 Å². The second kappa shape index (κ2) is 8.28. The van der Waals surface area contributed by atoms with Gasteiger partial charge in [-0.1, -0.05) is 24.3 Å². The first-order valence-electron chi connectivity index (χ1n) is 8.85. The van der Waals surface area contributed by atoms with Crippen LogP contribution in [0.2, 0.25) is 0 Å². The van der Waals surface area contributed by atoms with Crippen molar-refractivity contribution in [3.63, 3.8) is 0 Å². The van der Waals surface area contributed by atoms with Crippen molar-refractivity contribution in [2.75, 3.05) is 6.61 Å². The lowest BCUT2D eigenvalue weighted by Gasteiger charge is -2.15. The van der Waals surface area contributed by atoms with Crippen LogP contribution in [0.25, 0.3) is 15.9 Å². The summed E-state index contributed by atoms with van der Waals surface area (Å²) in [6.45, 7) is 2.26. The summed E-state index contributed by atoms with van der Waals surface area (Å²) in [7, 11) is 0. The van der Waals surface area contributed by atoms with Gasteiger partial charge in [-0.05, 0) is 36.8 Å². The second-order valence-electron chi connectivity index (χ2n) is 6.29. The van der Waals surface area contributed by atoms with Crippen LogP contribution in [0.15, 0.2) is 61.2 Å². The van der Waals surface area contributed by atoms with Crippen molar-refractivity contribution >= 4 is 27.5 Å². The molecule has 8 heteroatoms. The predicted octanol–water partition coefficient (Wildman–Crippen LogP) is 3.27. The zero-order valence-electron chi connectivity index (χ0n) is 15.3. The average Bonchev–Trinajstić information content (AvgIpc) is 3.37. The first kappa shape index (κ1) is 18.3. The van der Waals surface area contributed by atoms with Gasteiger partial charge in [0.15, 0.2) is 0 Å². The smallest absolute Gasteiger partial charge is 0.246 e. The molecule has 4 rings (SSSR count). The molecule has 0 radical (unpaired) electrons. The maximum absolute atomic E-state index is 12.2. The van der Waals surface area contributed by atoms with Crippen LogP contribution in [-0.2, 0) is 16.1 Å². The van der Waals surface area contributed by atoms with Crippen molar-refractivity contribution < 1.29 is 9.53 Å². The number of fused-ring (bicyclic) bond motifs is 1. The quantitative estimate of drug-likeness (QED) is 0.521. The minimum Gasteiger partial charge on any atom is -0.364 e. The molecule has 2 aromatic carbocycles. The topological polar surface area (TPSA) is 81.9 Å². The number of nitrogens with one attached hydrogen (secondary N) is 1. The minimum absolute atomic E-state index is 0.00267. The third-order valence-electron chi connectivity index (χ3n) is 4.25. The van der Waals surface area contributed by atoms with E-state index >= 15 is 0 Å². The van der Waals surface area contributed by atoms with E-state index in [-0.39, 0.29) is 18.6 Å². The van der Waals surface area contributed by atoms with Gasteiger partial charge in [0.2, 0.25) is 5.91 Å². The van der Waals surface area contributed by atoms with Crippen molar-refractivity contribution in [3.05, 3.63) is 71.8 Å². The number of para-hydroxylation sites is 1. The van der Waals surface area contributed by atoms with Crippen molar-refractivity contribution in [1.29, 1.82) is 0 Å². The Labute approximate surface area is 166 Å². The molecule has 7 nitrogen and oxygen atoms in total. The molecule has 28 heavy (non-hydrogen) atoms. The highest BCUT2D eigenvalue weighted by Crippen LogP contribution is 2.22. The fourth-order valence-corrected chi connectivity index (χ4v) is 3.74. The summed E-state index contributed by atoms with van der Waals surface area (Å²) in [5, 5.41) is 7.91.